The van der Waals surface area contributed by atoms with Crippen LogP contribution in [-0.4, -0.2) is 27.8 Å². The molecule has 2 aromatic heterocycles. The fraction of sp³-hybridized carbons (Fsp3) is 0.235. The maximum atomic E-state index is 12.5. The number of aromatic nitrogens is 3. The fourth-order valence-corrected chi connectivity index (χ4v) is 3.44. The quantitative estimate of drug-likeness (QED) is 0.606. The molecule has 0 amide bonds. The first-order chi connectivity index (χ1) is 12.9. The monoisotopic (exact) mass is 413 g/mol. The van der Waals surface area contributed by atoms with Gasteiger partial charge in [0.1, 0.15) is 0 Å². The van der Waals surface area contributed by atoms with Crippen LogP contribution in [0.15, 0.2) is 29.1 Å². The summed E-state index contributed by atoms with van der Waals surface area (Å²) >= 11 is 7.50. The lowest BCUT2D eigenvalue weighted by molar-refractivity contribution is -0.0514. The van der Waals surface area contributed by atoms with Gasteiger partial charge >= 0.3 is 6.61 Å². The lowest BCUT2D eigenvalue weighted by Gasteiger charge is -2.11. The molecule has 0 unspecified atom stereocenters. The summed E-state index contributed by atoms with van der Waals surface area (Å²) in [6.07, 6.45) is 1.59. The van der Waals surface area contributed by atoms with E-state index in [0.29, 0.717) is 21.2 Å². The van der Waals surface area contributed by atoms with Crippen molar-refractivity contribution >= 4 is 39.0 Å². The van der Waals surface area contributed by atoms with Gasteiger partial charge in [-0.05, 0) is 37.6 Å². The summed E-state index contributed by atoms with van der Waals surface area (Å²) in [6, 6.07) is 5.85. The average molecular weight is 414 g/mol. The predicted octanol–water partition coefficient (Wildman–Crippen LogP) is 4.20. The van der Waals surface area contributed by atoms with Crippen molar-refractivity contribution in [2.75, 3.05) is 6.61 Å². The average Bonchev–Trinajstić information content (AvgIpc) is 3.01. The molecule has 142 valence electrons. The van der Waals surface area contributed by atoms with E-state index < -0.39 is 6.61 Å². The van der Waals surface area contributed by atoms with Gasteiger partial charge in [0.2, 0.25) is 4.96 Å². The Labute approximate surface area is 161 Å². The minimum atomic E-state index is -2.95. The molecule has 0 atom stereocenters. The maximum absolute atomic E-state index is 12.5. The van der Waals surface area contributed by atoms with Gasteiger partial charge in [-0.1, -0.05) is 29.0 Å². The lowest BCUT2D eigenvalue weighted by atomic mass is 10.2. The third kappa shape index (κ3) is 4.42. The van der Waals surface area contributed by atoms with Crippen LogP contribution in [-0.2, 0) is 0 Å². The SMILES string of the molecule is CCOc1cc(/C=C(\Cl)c2nn3c(=O)cc(C)nc3s2)ccc1OC(F)F. The van der Waals surface area contributed by atoms with E-state index in [2.05, 4.69) is 14.8 Å². The number of hydrogen-bond donors (Lipinski definition) is 0. The highest BCUT2D eigenvalue weighted by molar-refractivity contribution is 7.18. The predicted molar refractivity (Wildman–Crippen MR) is 99.8 cm³/mol. The van der Waals surface area contributed by atoms with Crippen molar-refractivity contribution in [3.05, 3.63) is 50.9 Å². The Balaban J connectivity index is 1.97. The highest BCUT2D eigenvalue weighted by Crippen LogP contribution is 2.32. The van der Waals surface area contributed by atoms with E-state index in [1.165, 1.54) is 22.7 Å². The summed E-state index contributed by atoms with van der Waals surface area (Å²) in [5.74, 6) is 0.111. The molecule has 0 aliphatic heterocycles. The Kier molecular flexibility index (Phi) is 5.71. The Hall–Kier alpha value is -2.52. The van der Waals surface area contributed by atoms with Crippen LogP contribution < -0.4 is 15.0 Å². The number of hydrogen-bond acceptors (Lipinski definition) is 6. The summed E-state index contributed by atoms with van der Waals surface area (Å²) in [5, 5.41) is 4.84. The molecule has 10 heteroatoms. The van der Waals surface area contributed by atoms with Gasteiger partial charge < -0.3 is 9.47 Å². The fourth-order valence-electron chi connectivity index (χ4n) is 2.30. The summed E-state index contributed by atoms with van der Waals surface area (Å²) in [4.78, 5) is 16.6. The molecule has 3 rings (SSSR count). The van der Waals surface area contributed by atoms with Gasteiger partial charge in [-0.15, -0.1) is 0 Å². The Morgan fingerprint density at radius 1 is 1.37 bits per heavy atom. The second-order valence-corrected chi connectivity index (χ2v) is 6.71. The standard InChI is InChI=1S/C17H14ClF2N3O3S/c1-3-25-13-8-10(4-5-12(13)26-16(19)20)7-11(18)15-22-23-14(24)6-9(2)21-17(23)27-15/h4-8,16H,3H2,1-2H3/b11-7-. The molecular weight excluding hydrogens is 400 g/mol. The van der Waals surface area contributed by atoms with Gasteiger partial charge in [0.25, 0.3) is 5.56 Å². The summed E-state index contributed by atoms with van der Waals surface area (Å²) < 4.78 is 35.9. The maximum Gasteiger partial charge on any atom is 0.387 e. The zero-order chi connectivity index (χ0) is 19.6. The summed E-state index contributed by atoms with van der Waals surface area (Å²) in [7, 11) is 0. The molecule has 0 spiro atoms. The van der Waals surface area contributed by atoms with Crippen molar-refractivity contribution < 1.29 is 18.3 Å². The first-order valence-corrected chi connectivity index (χ1v) is 9.03. The molecule has 2 heterocycles. The number of nitrogens with zero attached hydrogens (tertiary/aromatic N) is 3. The van der Waals surface area contributed by atoms with E-state index in [1.807, 2.05) is 0 Å². The number of ether oxygens (including phenoxy) is 2. The first-order valence-electron chi connectivity index (χ1n) is 7.84. The molecule has 3 aromatic rings. The second-order valence-electron chi connectivity index (χ2n) is 5.35. The van der Waals surface area contributed by atoms with Crippen LogP contribution in [0, 0.1) is 6.92 Å². The largest absolute Gasteiger partial charge is 0.490 e. The van der Waals surface area contributed by atoms with Crippen molar-refractivity contribution in [3.8, 4) is 11.5 Å². The van der Waals surface area contributed by atoms with Crippen LogP contribution in [0.25, 0.3) is 16.1 Å². The number of benzene rings is 1. The number of rotatable bonds is 6. The molecule has 0 aliphatic rings. The second kappa shape index (κ2) is 8.01. The number of alkyl halides is 2. The van der Waals surface area contributed by atoms with Gasteiger partial charge in [-0.3, -0.25) is 4.79 Å². The molecule has 0 N–H and O–H groups in total. The van der Waals surface area contributed by atoms with Crippen LogP contribution in [0.2, 0.25) is 0 Å². The molecular formula is C17H14ClF2N3O3S. The van der Waals surface area contributed by atoms with Gasteiger partial charge in [0.05, 0.1) is 11.6 Å². The van der Waals surface area contributed by atoms with Crippen molar-refractivity contribution in [3.63, 3.8) is 0 Å². The Bertz CT molecular complexity index is 1070. The van der Waals surface area contributed by atoms with Crippen LogP contribution >= 0.6 is 22.9 Å². The minimum Gasteiger partial charge on any atom is -0.490 e. The molecule has 0 bridgehead atoms. The zero-order valence-electron chi connectivity index (χ0n) is 14.3. The molecule has 1 aromatic carbocycles. The molecule has 0 saturated heterocycles. The highest BCUT2D eigenvalue weighted by Gasteiger charge is 2.13. The Morgan fingerprint density at radius 3 is 2.85 bits per heavy atom. The number of fused-ring (bicyclic) bond motifs is 1. The van der Waals surface area contributed by atoms with Crippen molar-refractivity contribution in [2.24, 2.45) is 0 Å². The Morgan fingerprint density at radius 2 is 2.15 bits per heavy atom. The lowest BCUT2D eigenvalue weighted by Crippen LogP contribution is -2.14. The van der Waals surface area contributed by atoms with Crippen LogP contribution in [0.4, 0.5) is 8.78 Å². The third-order valence-corrected chi connectivity index (χ3v) is 4.70. The molecule has 27 heavy (non-hydrogen) atoms. The minimum absolute atomic E-state index is 0.0636. The van der Waals surface area contributed by atoms with Crippen molar-refractivity contribution in [2.45, 2.75) is 20.5 Å². The number of halogens is 3. The smallest absolute Gasteiger partial charge is 0.387 e. The van der Waals surface area contributed by atoms with Crippen molar-refractivity contribution in [1.29, 1.82) is 0 Å². The third-order valence-electron chi connectivity index (χ3n) is 3.35. The van der Waals surface area contributed by atoms with E-state index in [9.17, 15) is 13.6 Å². The normalized spacial score (nSPS) is 12.0. The molecule has 0 saturated carbocycles. The molecule has 0 aliphatic carbocycles. The van der Waals surface area contributed by atoms with Crippen molar-refractivity contribution in [1.82, 2.24) is 14.6 Å². The van der Waals surface area contributed by atoms with E-state index in [-0.39, 0.29) is 28.7 Å². The van der Waals surface area contributed by atoms with E-state index >= 15 is 0 Å². The summed E-state index contributed by atoms with van der Waals surface area (Å²) in [6.45, 7) is 0.782. The van der Waals surface area contributed by atoms with E-state index in [4.69, 9.17) is 16.3 Å². The molecule has 0 radical (unpaired) electrons. The van der Waals surface area contributed by atoms with Crippen LogP contribution in [0.3, 0.4) is 0 Å². The molecule has 6 nitrogen and oxygen atoms in total. The zero-order valence-corrected chi connectivity index (χ0v) is 15.9. The van der Waals surface area contributed by atoms with Gasteiger partial charge in [0.15, 0.2) is 16.5 Å². The van der Waals surface area contributed by atoms with Gasteiger partial charge in [0, 0.05) is 11.8 Å². The van der Waals surface area contributed by atoms with Crippen LogP contribution in [0.5, 0.6) is 11.5 Å². The van der Waals surface area contributed by atoms with Gasteiger partial charge in [-0.25, -0.2) is 4.98 Å². The summed E-state index contributed by atoms with van der Waals surface area (Å²) in [5.41, 5.74) is 0.892. The van der Waals surface area contributed by atoms with E-state index in [1.54, 1.807) is 26.0 Å². The number of aryl methyl sites for hydroxylation is 1. The highest BCUT2D eigenvalue weighted by atomic mass is 35.5. The molecule has 0 fully saturated rings. The topological polar surface area (TPSA) is 65.7 Å². The van der Waals surface area contributed by atoms with Gasteiger partial charge in [-0.2, -0.15) is 18.4 Å². The van der Waals surface area contributed by atoms with Crippen LogP contribution in [0.1, 0.15) is 23.2 Å². The first kappa shape index (κ1) is 19.2. The van der Waals surface area contributed by atoms with E-state index in [0.717, 1.165) is 11.3 Å².